The molecule has 9 heteroatoms. The van der Waals surface area contributed by atoms with E-state index in [1.54, 1.807) is 6.92 Å². The molecule has 0 spiro atoms. The number of rotatable bonds is 4. The minimum atomic E-state index is -1.48. The van der Waals surface area contributed by atoms with Crippen molar-refractivity contribution in [3.05, 3.63) is 11.6 Å². The molecule has 0 amide bonds. The summed E-state index contributed by atoms with van der Waals surface area (Å²) in [5.74, 6) is -1.51. The molecule has 1 heterocycles. The van der Waals surface area contributed by atoms with Crippen LogP contribution in [0.2, 0.25) is 0 Å². The van der Waals surface area contributed by atoms with Gasteiger partial charge in [-0.3, -0.25) is 9.59 Å². The number of fused-ring (bicyclic) bond motifs is 7. The van der Waals surface area contributed by atoms with Crippen molar-refractivity contribution in [2.24, 2.45) is 50.2 Å². The molecule has 13 atom stereocenters. The molecule has 0 bridgehead atoms. The normalized spacial score (nSPS) is 53.2. The van der Waals surface area contributed by atoms with Crippen LogP contribution in [0.5, 0.6) is 0 Å². The number of hydrogen-bond acceptors (Lipinski definition) is 7. The van der Waals surface area contributed by atoms with Gasteiger partial charge in [0.15, 0.2) is 6.29 Å². The molecule has 5 fully saturated rings. The Morgan fingerprint density at radius 1 is 0.841 bits per heavy atom. The van der Waals surface area contributed by atoms with E-state index in [2.05, 4.69) is 40.7 Å². The number of aliphatic carboxylic acids is 2. The number of aliphatic hydroxyl groups excluding tert-OH is 3. The first kappa shape index (κ1) is 32.4. The molecule has 4 saturated carbocycles. The minimum Gasteiger partial charge on any atom is -0.481 e. The molecular weight excluding hydrogens is 564 g/mol. The fourth-order valence-corrected chi connectivity index (χ4v) is 11.9. The van der Waals surface area contributed by atoms with Crippen molar-refractivity contribution < 1.29 is 44.6 Å². The van der Waals surface area contributed by atoms with Crippen LogP contribution in [0.15, 0.2) is 11.6 Å². The van der Waals surface area contributed by atoms with Gasteiger partial charge in [0, 0.05) is 0 Å². The highest BCUT2D eigenvalue weighted by molar-refractivity contribution is 5.77. The topological polar surface area (TPSA) is 154 Å². The zero-order valence-corrected chi connectivity index (χ0v) is 27.3. The fraction of sp³-hybridized carbons (Fsp3) is 0.886. The van der Waals surface area contributed by atoms with Crippen molar-refractivity contribution >= 4 is 11.9 Å². The summed E-state index contributed by atoms with van der Waals surface area (Å²) in [5, 5.41) is 52.1. The van der Waals surface area contributed by atoms with Gasteiger partial charge in [-0.05, 0) is 111 Å². The van der Waals surface area contributed by atoms with Gasteiger partial charge < -0.3 is 35.0 Å². The van der Waals surface area contributed by atoms with Gasteiger partial charge in [0.2, 0.25) is 0 Å². The molecule has 0 aromatic rings. The lowest BCUT2D eigenvalue weighted by atomic mass is 9.33. The van der Waals surface area contributed by atoms with E-state index < -0.39 is 53.5 Å². The van der Waals surface area contributed by atoms with E-state index in [0.717, 1.165) is 44.9 Å². The van der Waals surface area contributed by atoms with Gasteiger partial charge in [-0.25, -0.2) is 0 Å². The molecule has 6 rings (SSSR count). The lowest BCUT2D eigenvalue weighted by Crippen LogP contribution is -2.67. The second-order valence-electron chi connectivity index (χ2n) is 17.2. The van der Waals surface area contributed by atoms with E-state index in [9.17, 15) is 35.1 Å². The third-order valence-corrected chi connectivity index (χ3v) is 14.9. The molecule has 0 radical (unpaired) electrons. The third kappa shape index (κ3) is 4.21. The SMILES string of the molecule is CC1(C)CCC2(C(=O)O)CCC3(C)C(=CCC4C5(C)CCC(OC6OCC(O)C(O)C6O)C(C)(C(=O)O)C5CCC43C)C2C1. The maximum atomic E-state index is 13.2. The molecule has 5 N–H and O–H groups in total. The van der Waals surface area contributed by atoms with Crippen molar-refractivity contribution in [1.82, 2.24) is 0 Å². The number of carboxylic acid groups (broad SMARTS) is 2. The Bertz CT molecular complexity index is 1230. The zero-order valence-electron chi connectivity index (χ0n) is 27.3. The summed E-state index contributed by atoms with van der Waals surface area (Å²) in [5.41, 5.74) is -1.06. The van der Waals surface area contributed by atoms with Crippen LogP contribution in [-0.2, 0) is 19.1 Å². The molecule has 6 aliphatic rings. The van der Waals surface area contributed by atoms with Crippen LogP contribution >= 0.6 is 0 Å². The average Bonchev–Trinajstić information content (AvgIpc) is 2.94. The Hall–Kier alpha value is -1.52. The van der Waals surface area contributed by atoms with E-state index in [1.165, 1.54) is 5.57 Å². The molecule has 0 aromatic heterocycles. The third-order valence-electron chi connectivity index (χ3n) is 14.9. The standard InChI is InChI=1S/C35H54O9/c1-30(2)13-15-35(29(41)42)16-14-32(4)19(20(35)17-30)7-8-22-31(3)11-10-24(44-27-26(38)25(37)21(36)18-43-27)34(6,28(39)40)23(31)9-12-33(22,32)5/h7,20-27,36-38H,8-18H2,1-6H3,(H,39,40)(H,41,42). The summed E-state index contributed by atoms with van der Waals surface area (Å²) >= 11 is 0. The predicted octanol–water partition coefficient (Wildman–Crippen LogP) is 4.76. The van der Waals surface area contributed by atoms with Crippen LogP contribution in [0, 0.1) is 50.2 Å². The summed E-state index contributed by atoms with van der Waals surface area (Å²) in [6, 6.07) is 0. The van der Waals surface area contributed by atoms with Gasteiger partial charge in [0.1, 0.15) is 18.3 Å². The summed E-state index contributed by atoms with van der Waals surface area (Å²) in [6.45, 7) is 13.2. The van der Waals surface area contributed by atoms with Gasteiger partial charge in [-0.15, -0.1) is 0 Å². The van der Waals surface area contributed by atoms with Crippen molar-refractivity contribution in [1.29, 1.82) is 0 Å². The first-order valence-electron chi connectivity index (χ1n) is 16.9. The molecule has 13 unspecified atom stereocenters. The van der Waals surface area contributed by atoms with E-state index in [0.29, 0.717) is 19.3 Å². The van der Waals surface area contributed by atoms with Crippen LogP contribution in [0.25, 0.3) is 0 Å². The van der Waals surface area contributed by atoms with Crippen molar-refractivity contribution in [3.8, 4) is 0 Å². The summed E-state index contributed by atoms with van der Waals surface area (Å²) in [4.78, 5) is 26.2. The number of carboxylic acids is 2. The first-order chi connectivity index (χ1) is 20.4. The summed E-state index contributed by atoms with van der Waals surface area (Å²) in [7, 11) is 0. The number of ether oxygens (including phenoxy) is 2. The van der Waals surface area contributed by atoms with Crippen LogP contribution in [0.1, 0.15) is 106 Å². The Morgan fingerprint density at radius 3 is 2.18 bits per heavy atom. The van der Waals surface area contributed by atoms with E-state index in [1.807, 2.05) is 0 Å². The lowest BCUT2D eigenvalue weighted by Gasteiger charge is -2.71. The minimum absolute atomic E-state index is 0.0232. The highest BCUT2D eigenvalue weighted by Crippen LogP contribution is 2.76. The van der Waals surface area contributed by atoms with Crippen LogP contribution in [-0.4, -0.2) is 74.8 Å². The largest absolute Gasteiger partial charge is 0.481 e. The molecule has 9 nitrogen and oxygen atoms in total. The number of allylic oxidation sites excluding steroid dienone is 2. The van der Waals surface area contributed by atoms with Crippen molar-refractivity contribution in [3.63, 3.8) is 0 Å². The number of carbonyl (C=O) groups is 2. The summed E-state index contributed by atoms with van der Waals surface area (Å²) < 4.78 is 11.8. The second kappa shape index (κ2) is 10.2. The highest BCUT2D eigenvalue weighted by atomic mass is 16.7. The molecular formula is C35H54O9. The van der Waals surface area contributed by atoms with Gasteiger partial charge in [0.05, 0.1) is 23.5 Å². The smallest absolute Gasteiger partial charge is 0.312 e. The molecule has 44 heavy (non-hydrogen) atoms. The van der Waals surface area contributed by atoms with E-state index in [-0.39, 0.29) is 46.0 Å². The molecule has 1 saturated heterocycles. The van der Waals surface area contributed by atoms with Crippen LogP contribution in [0.4, 0.5) is 0 Å². The fourth-order valence-electron chi connectivity index (χ4n) is 11.9. The van der Waals surface area contributed by atoms with E-state index in [4.69, 9.17) is 9.47 Å². The van der Waals surface area contributed by atoms with Crippen LogP contribution < -0.4 is 0 Å². The zero-order chi connectivity index (χ0) is 32.3. The van der Waals surface area contributed by atoms with Gasteiger partial charge in [-0.1, -0.05) is 46.3 Å². The lowest BCUT2D eigenvalue weighted by molar-refractivity contribution is -0.308. The molecule has 0 aromatic carbocycles. The number of hydrogen-bond donors (Lipinski definition) is 5. The highest BCUT2D eigenvalue weighted by Gasteiger charge is 2.71. The van der Waals surface area contributed by atoms with Gasteiger partial charge >= 0.3 is 11.9 Å². The van der Waals surface area contributed by atoms with Crippen molar-refractivity contribution in [2.75, 3.05) is 6.61 Å². The molecule has 1 aliphatic heterocycles. The first-order valence-corrected chi connectivity index (χ1v) is 16.9. The molecule has 248 valence electrons. The Kier molecular flexibility index (Phi) is 7.54. The summed E-state index contributed by atoms with van der Waals surface area (Å²) in [6.07, 6.45) is 3.98. The quantitative estimate of drug-likeness (QED) is 0.222. The monoisotopic (exact) mass is 618 g/mol. The second-order valence-corrected chi connectivity index (χ2v) is 17.2. The number of aliphatic hydroxyl groups is 3. The molecule has 5 aliphatic carbocycles. The Balaban J connectivity index is 1.34. The van der Waals surface area contributed by atoms with Crippen molar-refractivity contribution in [2.45, 2.75) is 136 Å². The maximum Gasteiger partial charge on any atom is 0.312 e. The average molecular weight is 619 g/mol. The predicted molar refractivity (Wildman–Crippen MR) is 161 cm³/mol. The van der Waals surface area contributed by atoms with Gasteiger partial charge in [-0.2, -0.15) is 0 Å². The van der Waals surface area contributed by atoms with Gasteiger partial charge in [0.25, 0.3) is 0 Å². The van der Waals surface area contributed by atoms with E-state index >= 15 is 0 Å². The maximum absolute atomic E-state index is 13.2. The Labute approximate surface area is 261 Å². The Morgan fingerprint density at radius 2 is 1.52 bits per heavy atom. The van der Waals surface area contributed by atoms with Crippen LogP contribution in [0.3, 0.4) is 0 Å².